The van der Waals surface area contributed by atoms with E-state index in [4.69, 9.17) is 32.7 Å². The Balaban J connectivity index is 2.39. The van der Waals surface area contributed by atoms with Crippen LogP contribution in [-0.2, 0) is 0 Å². The van der Waals surface area contributed by atoms with E-state index in [0.29, 0.717) is 11.8 Å². The topological polar surface area (TPSA) is 47.6 Å². The standard InChI is InChI=1S/C15H11Cl2F2NO3/c1-22-13-6-12(14(23-2)5-9(13)17)20-15(21)7-3-10(18)11(19)4-8(7)16/h3-6H,1-2H3,(H,20,21). The van der Waals surface area contributed by atoms with Gasteiger partial charge in [0.25, 0.3) is 5.91 Å². The van der Waals surface area contributed by atoms with Gasteiger partial charge in [0.15, 0.2) is 11.6 Å². The molecule has 0 aliphatic heterocycles. The van der Waals surface area contributed by atoms with E-state index in [1.54, 1.807) is 0 Å². The Kier molecular flexibility index (Phi) is 5.28. The zero-order chi connectivity index (χ0) is 17.1. The highest BCUT2D eigenvalue weighted by molar-refractivity contribution is 6.34. The van der Waals surface area contributed by atoms with Crippen LogP contribution in [0.25, 0.3) is 0 Å². The summed E-state index contributed by atoms with van der Waals surface area (Å²) >= 11 is 11.7. The fourth-order valence-corrected chi connectivity index (χ4v) is 2.31. The van der Waals surface area contributed by atoms with Crippen LogP contribution >= 0.6 is 23.2 Å². The molecule has 0 atom stereocenters. The molecule has 0 fully saturated rings. The van der Waals surface area contributed by atoms with Crippen molar-refractivity contribution in [3.05, 3.63) is 51.5 Å². The molecule has 2 aromatic carbocycles. The molecular weight excluding hydrogens is 351 g/mol. The van der Waals surface area contributed by atoms with Gasteiger partial charge in [0, 0.05) is 12.1 Å². The summed E-state index contributed by atoms with van der Waals surface area (Å²) in [6.07, 6.45) is 0. The van der Waals surface area contributed by atoms with Crippen LogP contribution in [-0.4, -0.2) is 20.1 Å². The molecule has 0 aliphatic carbocycles. The lowest BCUT2D eigenvalue weighted by Gasteiger charge is -2.13. The van der Waals surface area contributed by atoms with Crippen molar-refractivity contribution in [1.82, 2.24) is 0 Å². The molecule has 0 aliphatic rings. The lowest BCUT2D eigenvalue weighted by molar-refractivity contribution is 0.102. The van der Waals surface area contributed by atoms with Gasteiger partial charge in [-0.3, -0.25) is 4.79 Å². The molecule has 0 spiro atoms. The Bertz CT molecular complexity index is 769. The Labute approximate surface area is 140 Å². The minimum absolute atomic E-state index is 0.221. The fraction of sp³-hybridized carbons (Fsp3) is 0.133. The smallest absolute Gasteiger partial charge is 0.257 e. The summed E-state index contributed by atoms with van der Waals surface area (Å²) in [7, 11) is 2.80. The number of carbonyl (C=O) groups excluding carboxylic acids is 1. The second-order valence-electron chi connectivity index (χ2n) is 4.39. The summed E-state index contributed by atoms with van der Waals surface area (Å²) in [5.41, 5.74) is 0.0149. The van der Waals surface area contributed by atoms with Gasteiger partial charge >= 0.3 is 0 Å². The van der Waals surface area contributed by atoms with E-state index in [-0.39, 0.29) is 27.0 Å². The van der Waals surface area contributed by atoms with Gasteiger partial charge in [-0.05, 0) is 12.1 Å². The number of anilines is 1. The number of hydrogen-bond acceptors (Lipinski definition) is 3. The SMILES string of the molecule is COc1cc(NC(=O)c2cc(F)c(F)cc2Cl)c(OC)cc1Cl. The number of ether oxygens (including phenoxy) is 2. The van der Waals surface area contributed by atoms with Gasteiger partial charge in [0.1, 0.15) is 11.5 Å². The Hall–Kier alpha value is -2.05. The van der Waals surface area contributed by atoms with E-state index in [1.807, 2.05) is 0 Å². The van der Waals surface area contributed by atoms with Crippen molar-refractivity contribution >= 4 is 34.8 Å². The predicted octanol–water partition coefficient (Wildman–Crippen LogP) is 4.54. The maximum atomic E-state index is 13.3. The monoisotopic (exact) mass is 361 g/mol. The third-order valence-electron chi connectivity index (χ3n) is 2.98. The molecule has 0 saturated heterocycles. The third-order valence-corrected chi connectivity index (χ3v) is 3.58. The Morgan fingerprint density at radius 1 is 0.957 bits per heavy atom. The Morgan fingerprint density at radius 3 is 2.17 bits per heavy atom. The summed E-state index contributed by atoms with van der Waals surface area (Å²) in [4.78, 5) is 12.2. The first kappa shape index (κ1) is 17.3. The Morgan fingerprint density at radius 2 is 1.57 bits per heavy atom. The molecule has 0 aromatic heterocycles. The van der Waals surface area contributed by atoms with Crippen molar-refractivity contribution in [2.45, 2.75) is 0 Å². The van der Waals surface area contributed by atoms with Crippen molar-refractivity contribution in [3.8, 4) is 11.5 Å². The largest absolute Gasteiger partial charge is 0.495 e. The van der Waals surface area contributed by atoms with Gasteiger partial charge in [0.2, 0.25) is 0 Å². The molecule has 122 valence electrons. The highest BCUT2D eigenvalue weighted by atomic mass is 35.5. The molecule has 1 amide bonds. The average Bonchev–Trinajstić information content (AvgIpc) is 2.51. The molecule has 23 heavy (non-hydrogen) atoms. The van der Waals surface area contributed by atoms with Crippen molar-refractivity contribution in [2.75, 3.05) is 19.5 Å². The first-order valence-electron chi connectivity index (χ1n) is 6.24. The van der Waals surface area contributed by atoms with Crippen molar-refractivity contribution in [2.24, 2.45) is 0 Å². The fourth-order valence-electron chi connectivity index (χ4n) is 1.84. The van der Waals surface area contributed by atoms with Crippen LogP contribution in [0.1, 0.15) is 10.4 Å². The van der Waals surface area contributed by atoms with Crippen LogP contribution < -0.4 is 14.8 Å². The van der Waals surface area contributed by atoms with Gasteiger partial charge in [-0.15, -0.1) is 0 Å². The molecule has 0 saturated carbocycles. The second-order valence-corrected chi connectivity index (χ2v) is 5.20. The highest BCUT2D eigenvalue weighted by Crippen LogP contribution is 2.36. The molecule has 0 heterocycles. The van der Waals surface area contributed by atoms with E-state index in [0.717, 1.165) is 6.07 Å². The quantitative estimate of drug-likeness (QED) is 0.813. The van der Waals surface area contributed by atoms with Crippen LogP contribution in [0.2, 0.25) is 10.0 Å². The van der Waals surface area contributed by atoms with E-state index in [9.17, 15) is 13.6 Å². The van der Waals surface area contributed by atoms with Gasteiger partial charge in [0.05, 0.1) is 35.5 Å². The van der Waals surface area contributed by atoms with Crippen LogP contribution in [0.15, 0.2) is 24.3 Å². The van der Waals surface area contributed by atoms with E-state index < -0.39 is 17.5 Å². The van der Waals surface area contributed by atoms with Crippen LogP contribution in [0.4, 0.5) is 14.5 Å². The lowest BCUT2D eigenvalue weighted by Crippen LogP contribution is -2.14. The number of hydrogen-bond donors (Lipinski definition) is 1. The highest BCUT2D eigenvalue weighted by Gasteiger charge is 2.18. The molecule has 2 rings (SSSR count). The number of benzene rings is 2. The average molecular weight is 362 g/mol. The molecule has 0 unspecified atom stereocenters. The summed E-state index contributed by atoms with van der Waals surface area (Å²) in [5.74, 6) is -2.49. The molecule has 8 heteroatoms. The molecule has 4 nitrogen and oxygen atoms in total. The number of amides is 1. The maximum absolute atomic E-state index is 13.3. The number of nitrogens with one attached hydrogen (secondary N) is 1. The number of carbonyl (C=O) groups is 1. The minimum Gasteiger partial charge on any atom is -0.495 e. The summed E-state index contributed by atoms with van der Waals surface area (Å²) < 4.78 is 36.5. The number of halogens is 4. The van der Waals surface area contributed by atoms with Gasteiger partial charge < -0.3 is 14.8 Å². The number of rotatable bonds is 4. The molecule has 2 aromatic rings. The van der Waals surface area contributed by atoms with Gasteiger partial charge in [-0.2, -0.15) is 0 Å². The predicted molar refractivity (Wildman–Crippen MR) is 83.9 cm³/mol. The summed E-state index contributed by atoms with van der Waals surface area (Å²) in [5, 5.41) is 2.56. The van der Waals surface area contributed by atoms with E-state index in [1.165, 1.54) is 26.4 Å². The molecular formula is C15H11Cl2F2NO3. The zero-order valence-corrected chi connectivity index (χ0v) is 13.6. The normalized spacial score (nSPS) is 10.3. The third kappa shape index (κ3) is 3.65. The van der Waals surface area contributed by atoms with Crippen molar-refractivity contribution in [1.29, 1.82) is 0 Å². The molecule has 0 bridgehead atoms. The maximum Gasteiger partial charge on any atom is 0.257 e. The lowest BCUT2D eigenvalue weighted by atomic mass is 10.2. The molecule has 1 N–H and O–H groups in total. The minimum atomic E-state index is -1.18. The second kappa shape index (κ2) is 7.02. The first-order chi connectivity index (χ1) is 10.9. The summed E-state index contributed by atoms with van der Waals surface area (Å²) in [6.45, 7) is 0. The van der Waals surface area contributed by atoms with Crippen LogP contribution in [0, 0.1) is 11.6 Å². The van der Waals surface area contributed by atoms with E-state index in [2.05, 4.69) is 5.32 Å². The summed E-state index contributed by atoms with van der Waals surface area (Å²) in [6, 6.07) is 4.33. The van der Waals surface area contributed by atoms with Gasteiger partial charge in [-0.1, -0.05) is 23.2 Å². The van der Waals surface area contributed by atoms with Crippen molar-refractivity contribution < 1.29 is 23.0 Å². The van der Waals surface area contributed by atoms with Crippen molar-refractivity contribution in [3.63, 3.8) is 0 Å². The first-order valence-corrected chi connectivity index (χ1v) is 7.00. The number of methoxy groups -OCH3 is 2. The zero-order valence-electron chi connectivity index (χ0n) is 12.0. The van der Waals surface area contributed by atoms with Crippen LogP contribution in [0.5, 0.6) is 11.5 Å². The van der Waals surface area contributed by atoms with Gasteiger partial charge in [-0.25, -0.2) is 8.78 Å². The van der Waals surface area contributed by atoms with Crippen LogP contribution in [0.3, 0.4) is 0 Å². The van der Waals surface area contributed by atoms with E-state index >= 15 is 0 Å². The molecule has 0 radical (unpaired) electrons.